The van der Waals surface area contributed by atoms with Crippen LogP contribution in [0, 0.1) is 6.92 Å². The number of benzene rings is 5. The fourth-order valence-corrected chi connectivity index (χ4v) is 6.77. The molecule has 1 aromatic heterocycles. The van der Waals surface area contributed by atoms with Crippen LogP contribution in [0.2, 0.25) is 0 Å². The molecule has 0 fully saturated rings. The average Bonchev–Trinajstić information content (AvgIpc) is 3.32. The largest absolute Gasteiger partial charge is 0.317 e. The van der Waals surface area contributed by atoms with E-state index in [0.717, 1.165) is 17.2 Å². The number of pyridine rings is 1. The van der Waals surface area contributed by atoms with Gasteiger partial charge in [0.1, 0.15) is 6.17 Å². The summed E-state index contributed by atoms with van der Waals surface area (Å²) in [7, 11) is 0. The smallest absolute Gasteiger partial charge is 0.158 e. The third-order valence-electron chi connectivity index (χ3n) is 8.57. The standard InChI is InChI=1S/C38H29N3/c1-25-23-34-32-19-10-8-17-30(32)28-15-6-7-16-29(28)31-18-9-11-20-33(31)35(34)24-37(25)41-26(2)40(27-13-4-3-5-14-27)36-21-12-22-39-38(36)41/h3-24,26H,1-2H3/t26-/m0/s1. The van der Waals surface area contributed by atoms with Crippen LogP contribution in [0.15, 0.2) is 134 Å². The Morgan fingerprint density at radius 1 is 0.488 bits per heavy atom. The minimum absolute atomic E-state index is 0.0517. The average molecular weight is 528 g/mol. The first-order valence-electron chi connectivity index (χ1n) is 14.2. The van der Waals surface area contributed by atoms with Gasteiger partial charge in [0.15, 0.2) is 5.82 Å². The van der Waals surface area contributed by atoms with Gasteiger partial charge in [-0.05, 0) is 100 Å². The summed E-state index contributed by atoms with van der Waals surface area (Å²) in [6.45, 7) is 4.50. The lowest BCUT2D eigenvalue weighted by molar-refractivity contribution is 0.755. The molecule has 8 rings (SSSR count). The second kappa shape index (κ2) is 9.21. The Bertz CT molecular complexity index is 1940. The van der Waals surface area contributed by atoms with Crippen LogP contribution in [0.4, 0.5) is 22.9 Å². The molecular weight excluding hydrogens is 498 g/mol. The van der Waals surface area contributed by atoms with E-state index in [0.29, 0.717) is 0 Å². The zero-order chi connectivity index (χ0) is 27.5. The van der Waals surface area contributed by atoms with E-state index in [-0.39, 0.29) is 6.17 Å². The van der Waals surface area contributed by atoms with Crippen LogP contribution < -0.4 is 9.80 Å². The molecule has 1 atom stereocenters. The maximum Gasteiger partial charge on any atom is 0.158 e. The first-order valence-corrected chi connectivity index (χ1v) is 14.2. The number of fused-ring (bicyclic) bond motifs is 9. The molecule has 41 heavy (non-hydrogen) atoms. The monoisotopic (exact) mass is 527 g/mol. The summed E-state index contributed by atoms with van der Waals surface area (Å²) in [5.41, 5.74) is 14.8. The van der Waals surface area contributed by atoms with Gasteiger partial charge >= 0.3 is 0 Å². The lowest BCUT2D eigenvalue weighted by Crippen LogP contribution is -2.35. The summed E-state index contributed by atoms with van der Waals surface area (Å²) in [5, 5.41) is 0. The van der Waals surface area contributed by atoms with Crippen molar-refractivity contribution in [2.24, 2.45) is 0 Å². The highest BCUT2D eigenvalue weighted by Crippen LogP contribution is 2.52. The zero-order valence-corrected chi connectivity index (χ0v) is 23.1. The van der Waals surface area contributed by atoms with Crippen molar-refractivity contribution in [3.63, 3.8) is 0 Å². The van der Waals surface area contributed by atoms with Crippen molar-refractivity contribution >= 4 is 22.9 Å². The van der Waals surface area contributed by atoms with Crippen LogP contribution >= 0.6 is 0 Å². The summed E-state index contributed by atoms with van der Waals surface area (Å²) in [4.78, 5) is 9.71. The fraction of sp³-hybridized carbons (Fsp3) is 0.0789. The third kappa shape index (κ3) is 3.56. The van der Waals surface area contributed by atoms with E-state index in [4.69, 9.17) is 4.98 Å². The molecule has 196 valence electrons. The van der Waals surface area contributed by atoms with Crippen molar-refractivity contribution in [1.29, 1.82) is 0 Å². The summed E-state index contributed by atoms with van der Waals surface area (Å²) in [5.74, 6) is 0.983. The molecule has 1 aliphatic heterocycles. The molecule has 0 radical (unpaired) electrons. The van der Waals surface area contributed by atoms with E-state index in [9.17, 15) is 0 Å². The Morgan fingerprint density at radius 2 is 0.976 bits per heavy atom. The minimum atomic E-state index is 0.0517. The molecule has 0 amide bonds. The number of aromatic nitrogens is 1. The molecule has 0 unspecified atom stereocenters. The molecular formula is C38H29N3. The van der Waals surface area contributed by atoms with Gasteiger partial charge in [-0.1, -0.05) is 91.0 Å². The Balaban J connectivity index is 1.40. The summed E-state index contributed by atoms with van der Waals surface area (Å²) < 4.78 is 0. The predicted molar refractivity (Wildman–Crippen MR) is 171 cm³/mol. The molecule has 0 saturated heterocycles. The molecule has 0 bridgehead atoms. The molecule has 0 spiro atoms. The van der Waals surface area contributed by atoms with Gasteiger partial charge in [-0.15, -0.1) is 0 Å². The topological polar surface area (TPSA) is 19.4 Å². The number of anilines is 4. The molecule has 2 aliphatic rings. The maximum absolute atomic E-state index is 4.92. The molecule has 5 aromatic carbocycles. The highest BCUT2D eigenvalue weighted by atomic mass is 15.4. The summed E-state index contributed by atoms with van der Waals surface area (Å²) in [6, 6.07) is 46.1. The Morgan fingerprint density at radius 3 is 1.54 bits per heavy atom. The van der Waals surface area contributed by atoms with Gasteiger partial charge in [0.25, 0.3) is 0 Å². The van der Waals surface area contributed by atoms with Gasteiger partial charge in [0.2, 0.25) is 0 Å². The normalized spacial score (nSPS) is 14.7. The van der Waals surface area contributed by atoms with Crippen molar-refractivity contribution in [3.05, 3.63) is 139 Å². The number of hydrogen-bond acceptors (Lipinski definition) is 3. The second-order valence-corrected chi connectivity index (χ2v) is 10.9. The van der Waals surface area contributed by atoms with E-state index < -0.39 is 0 Å². The van der Waals surface area contributed by atoms with E-state index >= 15 is 0 Å². The highest BCUT2D eigenvalue weighted by Gasteiger charge is 2.37. The molecule has 3 nitrogen and oxygen atoms in total. The number of rotatable bonds is 2. The third-order valence-corrected chi connectivity index (χ3v) is 8.57. The number of aryl methyl sites for hydroxylation is 1. The Hall–Kier alpha value is -5.15. The van der Waals surface area contributed by atoms with E-state index in [1.165, 1.54) is 55.8 Å². The van der Waals surface area contributed by atoms with E-state index in [1.807, 2.05) is 12.3 Å². The van der Waals surface area contributed by atoms with Crippen molar-refractivity contribution < 1.29 is 0 Å². The Kier molecular flexibility index (Phi) is 5.33. The van der Waals surface area contributed by atoms with Crippen LogP contribution in [0.3, 0.4) is 0 Å². The first-order chi connectivity index (χ1) is 20.2. The van der Waals surface area contributed by atoms with Crippen LogP contribution in [-0.2, 0) is 0 Å². The van der Waals surface area contributed by atoms with Crippen molar-refractivity contribution in [2.75, 3.05) is 9.80 Å². The SMILES string of the molecule is Cc1cc2c(cc1N1c3ncccc3N(c3ccccc3)[C@@H]1C)-c1ccccc1-c1ccccc1-c1ccccc1-2. The maximum atomic E-state index is 4.92. The number of para-hydroxylation sites is 1. The quantitative estimate of drug-likeness (QED) is 0.223. The molecule has 3 heteroatoms. The van der Waals surface area contributed by atoms with Crippen LogP contribution in [0.25, 0.3) is 44.5 Å². The predicted octanol–water partition coefficient (Wildman–Crippen LogP) is 10.0. The van der Waals surface area contributed by atoms with Crippen molar-refractivity contribution in [3.8, 4) is 44.5 Å². The summed E-state index contributed by atoms with van der Waals surface area (Å²) in [6.07, 6.45) is 1.95. The number of nitrogens with zero attached hydrogens (tertiary/aromatic N) is 3. The van der Waals surface area contributed by atoms with Crippen LogP contribution in [0.5, 0.6) is 0 Å². The Labute approximate surface area is 241 Å². The van der Waals surface area contributed by atoms with Gasteiger partial charge in [-0.3, -0.25) is 0 Å². The fourth-order valence-electron chi connectivity index (χ4n) is 6.77. The molecule has 0 saturated carbocycles. The molecule has 1 aliphatic carbocycles. The van der Waals surface area contributed by atoms with Gasteiger partial charge in [0.05, 0.1) is 5.69 Å². The minimum Gasteiger partial charge on any atom is -0.317 e. The van der Waals surface area contributed by atoms with Crippen molar-refractivity contribution in [2.45, 2.75) is 20.0 Å². The second-order valence-electron chi connectivity index (χ2n) is 10.9. The zero-order valence-electron chi connectivity index (χ0n) is 23.1. The van der Waals surface area contributed by atoms with Gasteiger partial charge in [-0.2, -0.15) is 0 Å². The van der Waals surface area contributed by atoms with E-state index in [2.05, 4.69) is 145 Å². The molecule has 6 aromatic rings. The van der Waals surface area contributed by atoms with Gasteiger partial charge in [0, 0.05) is 17.6 Å². The molecule has 0 N–H and O–H groups in total. The van der Waals surface area contributed by atoms with Crippen molar-refractivity contribution in [1.82, 2.24) is 4.98 Å². The highest BCUT2D eigenvalue weighted by molar-refractivity contribution is 6.04. The van der Waals surface area contributed by atoms with E-state index in [1.54, 1.807) is 0 Å². The lowest BCUT2D eigenvalue weighted by atomic mass is 9.80. The summed E-state index contributed by atoms with van der Waals surface area (Å²) >= 11 is 0. The first kappa shape index (κ1) is 23.7. The van der Waals surface area contributed by atoms with Gasteiger partial charge in [-0.25, -0.2) is 4.98 Å². The van der Waals surface area contributed by atoms with Crippen LogP contribution in [0.1, 0.15) is 12.5 Å². The van der Waals surface area contributed by atoms with Gasteiger partial charge < -0.3 is 9.80 Å². The molecule has 2 heterocycles. The van der Waals surface area contributed by atoms with Crippen LogP contribution in [-0.4, -0.2) is 11.1 Å². The number of hydrogen-bond donors (Lipinski definition) is 0. The lowest BCUT2D eigenvalue weighted by Gasteiger charge is -2.32.